The molecule has 0 saturated heterocycles. The smallest absolute Gasteiger partial charge is 0.337 e. The van der Waals surface area contributed by atoms with Crippen LogP contribution in [0.1, 0.15) is 28.8 Å². The molecule has 4 heteroatoms. The van der Waals surface area contributed by atoms with E-state index in [1.54, 1.807) is 18.2 Å². The van der Waals surface area contributed by atoms with E-state index < -0.39 is 5.97 Å². The third kappa shape index (κ3) is 4.23. The fourth-order valence-electron chi connectivity index (χ4n) is 2.84. The molecule has 3 aromatic carbocycles. The molecule has 0 spiro atoms. The number of benzene rings is 3. The molecule has 0 atom stereocenters. The molecular formula is C21H19NO3. The Labute approximate surface area is 146 Å². The number of fused-ring (bicyclic) bond motifs is 1. The molecule has 25 heavy (non-hydrogen) atoms. The zero-order chi connectivity index (χ0) is 17.6. The third-order valence-corrected chi connectivity index (χ3v) is 4.11. The summed E-state index contributed by atoms with van der Waals surface area (Å²) in [4.78, 5) is 23.2. The van der Waals surface area contributed by atoms with Gasteiger partial charge in [0.05, 0.1) is 11.3 Å². The SMILES string of the molecule is O=C(CCCc1ccc2ccccc2c1)Nc1ccccc1C(=O)O. The van der Waals surface area contributed by atoms with Crippen LogP contribution in [0.25, 0.3) is 10.8 Å². The average Bonchev–Trinajstić information content (AvgIpc) is 2.62. The van der Waals surface area contributed by atoms with Crippen LogP contribution in [0.15, 0.2) is 66.7 Å². The van der Waals surface area contributed by atoms with E-state index in [0.717, 1.165) is 6.42 Å². The molecule has 0 heterocycles. The highest BCUT2D eigenvalue weighted by Gasteiger charge is 2.11. The van der Waals surface area contributed by atoms with Gasteiger partial charge in [-0.1, -0.05) is 54.6 Å². The van der Waals surface area contributed by atoms with Gasteiger partial charge >= 0.3 is 5.97 Å². The summed E-state index contributed by atoms with van der Waals surface area (Å²) in [6, 6.07) is 20.9. The number of hydrogen-bond donors (Lipinski definition) is 2. The number of carboxylic acids is 1. The second-order valence-corrected chi connectivity index (χ2v) is 5.93. The Bertz CT molecular complexity index is 918. The van der Waals surface area contributed by atoms with Crippen LogP contribution in [-0.4, -0.2) is 17.0 Å². The van der Waals surface area contributed by atoms with E-state index in [1.165, 1.54) is 22.4 Å². The van der Waals surface area contributed by atoms with Crippen molar-refractivity contribution in [2.75, 3.05) is 5.32 Å². The maximum absolute atomic E-state index is 12.1. The molecule has 4 nitrogen and oxygen atoms in total. The van der Waals surface area contributed by atoms with E-state index in [2.05, 4.69) is 35.6 Å². The molecule has 3 rings (SSSR count). The monoisotopic (exact) mass is 333 g/mol. The summed E-state index contributed by atoms with van der Waals surface area (Å²) in [5.74, 6) is -1.22. The molecule has 0 aliphatic carbocycles. The van der Waals surface area contributed by atoms with Crippen molar-refractivity contribution >= 4 is 28.3 Å². The molecular weight excluding hydrogens is 314 g/mol. The van der Waals surface area contributed by atoms with E-state index in [-0.39, 0.29) is 11.5 Å². The molecule has 2 N–H and O–H groups in total. The number of carbonyl (C=O) groups excluding carboxylic acids is 1. The lowest BCUT2D eigenvalue weighted by molar-refractivity contribution is -0.116. The normalized spacial score (nSPS) is 10.6. The van der Waals surface area contributed by atoms with Gasteiger partial charge in [0.2, 0.25) is 5.91 Å². The van der Waals surface area contributed by atoms with E-state index in [4.69, 9.17) is 5.11 Å². The van der Waals surface area contributed by atoms with Crippen LogP contribution >= 0.6 is 0 Å². The van der Waals surface area contributed by atoms with Gasteiger partial charge in [0.25, 0.3) is 0 Å². The van der Waals surface area contributed by atoms with Gasteiger partial charge in [-0.25, -0.2) is 4.79 Å². The Kier molecular flexibility index (Phi) is 5.09. The minimum Gasteiger partial charge on any atom is -0.478 e. The first-order chi connectivity index (χ1) is 12.1. The minimum absolute atomic E-state index is 0.102. The zero-order valence-corrected chi connectivity index (χ0v) is 13.7. The summed E-state index contributed by atoms with van der Waals surface area (Å²) in [6.45, 7) is 0. The van der Waals surface area contributed by atoms with Gasteiger partial charge in [-0.2, -0.15) is 0 Å². The molecule has 0 saturated carbocycles. The lowest BCUT2D eigenvalue weighted by Crippen LogP contribution is -2.14. The maximum Gasteiger partial charge on any atom is 0.337 e. The predicted molar refractivity (Wildman–Crippen MR) is 98.9 cm³/mol. The molecule has 0 radical (unpaired) electrons. The molecule has 0 fully saturated rings. The van der Waals surface area contributed by atoms with Gasteiger partial charge in [0.1, 0.15) is 0 Å². The highest BCUT2D eigenvalue weighted by atomic mass is 16.4. The predicted octanol–water partition coefficient (Wildman–Crippen LogP) is 4.50. The Morgan fingerprint density at radius 2 is 1.60 bits per heavy atom. The van der Waals surface area contributed by atoms with Crippen molar-refractivity contribution in [1.82, 2.24) is 0 Å². The molecule has 126 valence electrons. The minimum atomic E-state index is -1.05. The first-order valence-corrected chi connectivity index (χ1v) is 8.23. The Morgan fingerprint density at radius 3 is 2.40 bits per heavy atom. The summed E-state index contributed by atoms with van der Waals surface area (Å²) >= 11 is 0. The number of aromatic carboxylic acids is 1. The van der Waals surface area contributed by atoms with Crippen molar-refractivity contribution in [2.24, 2.45) is 0 Å². The number of carboxylic acid groups (broad SMARTS) is 1. The summed E-state index contributed by atoms with van der Waals surface area (Å²) < 4.78 is 0. The first kappa shape index (κ1) is 16.7. The Balaban J connectivity index is 1.56. The van der Waals surface area contributed by atoms with Crippen molar-refractivity contribution < 1.29 is 14.7 Å². The highest BCUT2D eigenvalue weighted by molar-refractivity contribution is 6.00. The summed E-state index contributed by atoms with van der Waals surface area (Å²) in [5.41, 5.74) is 1.63. The first-order valence-electron chi connectivity index (χ1n) is 8.23. The van der Waals surface area contributed by atoms with E-state index in [0.29, 0.717) is 18.5 Å². The van der Waals surface area contributed by atoms with E-state index in [1.807, 2.05) is 12.1 Å². The van der Waals surface area contributed by atoms with Crippen molar-refractivity contribution in [1.29, 1.82) is 0 Å². The largest absolute Gasteiger partial charge is 0.478 e. The number of aryl methyl sites for hydroxylation is 1. The molecule has 0 aliphatic rings. The number of anilines is 1. The van der Waals surface area contributed by atoms with Crippen LogP contribution in [0.3, 0.4) is 0 Å². The van der Waals surface area contributed by atoms with Crippen molar-refractivity contribution in [3.63, 3.8) is 0 Å². The quantitative estimate of drug-likeness (QED) is 0.698. The van der Waals surface area contributed by atoms with Gasteiger partial charge in [0.15, 0.2) is 0 Å². The lowest BCUT2D eigenvalue weighted by atomic mass is 10.0. The Morgan fingerprint density at radius 1 is 0.880 bits per heavy atom. The average molecular weight is 333 g/mol. The fourth-order valence-corrected chi connectivity index (χ4v) is 2.84. The van der Waals surface area contributed by atoms with Crippen LogP contribution in [0.2, 0.25) is 0 Å². The van der Waals surface area contributed by atoms with Gasteiger partial charge in [-0.15, -0.1) is 0 Å². The molecule has 3 aromatic rings. The summed E-state index contributed by atoms with van der Waals surface area (Å²) in [7, 11) is 0. The lowest BCUT2D eigenvalue weighted by Gasteiger charge is -2.08. The summed E-state index contributed by atoms with van der Waals surface area (Å²) in [6.07, 6.45) is 1.86. The molecule has 0 unspecified atom stereocenters. The molecule has 0 aromatic heterocycles. The standard InChI is InChI=1S/C21H19NO3/c23-20(22-19-10-4-3-9-18(19)21(24)25)11-5-6-15-12-13-16-7-1-2-8-17(16)14-15/h1-4,7-10,12-14H,5-6,11H2,(H,22,23)(H,24,25). The third-order valence-electron chi connectivity index (χ3n) is 4.11. The molecule has 0 aliphatic heterocycles. The van der Waals surface area contributed by atoms with Gasteiger partial charge < -0.3 is 10.4 Å². The number of para-hydroxylation sites is 1. The number of rotatable bonds is 6. The maximum atomic E-state index is 12.1. The van der Waals surface area contributed by atoms with Crippen molar-refractivity contribution in [3.8, 4) is 0 Å². The molecule has 1 amide bonds. The van der Waals surface area contributed by atoms with Crippen molar-refractivity contribution in [2.45, 2.75) is 19.3 Å². The number of nitrogens with one attached hydrogen (secondary N) is 1. The number of hydrogen-bond acceptors (Lipinski definition) is 2. The summed E-state index contributed by atoms with van der Waals surface area (Å²) in [5, 5.41) is 14.2. The highest BCUT2D eigenvalue weighted by Crippen LogP contribution is 2.18. The van der Waals surface area contributed by atoms with Crippen LogP contribution in [0, 0.1) is 0 Å². The van der Waals surface area contributed by atoms with Gasteiger partial charge in [0, 0.05) is 6.42 Å². The van der Waals surface area contributed by atoms with E-state index >= 15 is 0 Å². The van der Waals surface area contributed by atoms with Gasteiger partial charge in [-0.3, -0.25) is 4.79 Å². The van der Waals surface area contributed by atoms with E-state index in [9.17, 15) is 9.59 Å². The fraction of sp³-hybridized carbons (Fsp3) is 0.143. The second-order valence-electron chi connectivity index (χ2n) is 5.93. The number of amides is 1. The van der Waals surface area contributed by atoms with Crippen LogP contribution in [0.4, 0.5) is 5.69 Å². The number of carbonyl (C=O) groups is 2. The topological polar surface area (TPSA) is 66.4 Å². The van der Waals surface area contributed by atoms with Gasteiger partial charge in [-0.05, 0) is 41.3 Å². The second kappa shape index (κ2) is 7.62. The van der Waals surface area contributed by atoms with Crippen LogP contribution in [0.5, 0.6) is 0 Å². The Hall–Kier alpha value is -3.14. The van der Waals surface area contributed by atoms with Crippen LogP contribution < -0.4 is 5.32 Å². The molecule has 0 bridgehead atoms. The zero-order valence-electron chi connectivity index (χ0n) is 13.7. The van der Waals surface area contributed by atoms with Crippen molar-refractivity contribution in [3.05, 3.63) is 77.9 Å². The van der Waals surface area contributed by atoms with Crippen LogP contribution in [-0.2, 0) is 11.2 Å².